The van der Waals surface area contributed by atoms with Crippen LogP contribution in [0, 0.1) is 5.41 Å². The van der Waals surface area contributed by atoms with E-state index in [1.807, 2.05) is 30.3 Å². The number of pyridine rings is 1. The summed E-state index contributed by atoms with van der Waals surface area (Å²) in [4.78, 5) is 51.2. The number of aromatic nitrogens is 3. The molecule has 0 spiro atoms. The van der Waals surface area contributed by atoms with Gasteiger partial charge < -0.3 is 25.5 Å². The predicted molar refractivity (Wildman–Crippen MR) is 143 cm³/mol. The number of para-hydroxylation sites is 1. The van der Waals surface area contributed by atoms with Gasteiger partial charge in [-0.2, -0.15) is 0 Å². The van der Waals surface area contributed by atoms with Gasteiger partial charge in [-0.05, 0) is 69.3 Å². The van der Waals surface area contributed by atoms with Crippen LogP contribution in [0.25, 0.3) is 22.2 Å². The van der Waals surface area contributed by atoms with Gasteiger partial charge in [0.2, 0.25) is 11.8 Å². The van der Waals surface area contributed by atoms with Crippen LogP contribution in [-0.4, -0.2) is 58.3 Å². The van der Waals surface area contributed by atoms with Gasteiger partial charge in [-0.1, -0.05) is 31.0 Å². The minimum atomic E-state index is -0.295. The SMILES string of the molecule is CNC(=O)CCCCCC(NC(=O)C12CCN(CC1)CC2)c1ncc(-c2cc3ccccc3[nH]c2=O)[nH]1. The number of amides is 2. The van der Waals surface area contributed by atoms with Gasteiger partial charge in [-0.25, -0.2) is 4.98 Å². The van der Waals surface area contributed by atoms with E-state index in [2.05, 4.69) is 30.5 Å². The molecule has 2 amide bonds. The first-order valence-corrected chi connectivity index (χ1v) is 13.4. The van der Waals surface area contributed by atoms with Crippen LogP contribution in [0.1, 0.15) is 63.2 Å². The van der Waals surface area contributed by atoms with Crippen LogP contribution in [0.5, 0.6) is 0 Å². The molecule has 5 heterocycles. The number of unbranched alkanes of at least 4 members (excludes halogenated alkanes) is 2. The normalized spacial score (nSPS) is 21.6. The van der Waals surface area contributed by atoms with Crippen LogP contribution in [-0.2, 0) is 9.59 Å². The number of imidazole rings is 1. The molecule has 196 valence electrons. The second-order valence-electron chi connectivity index (χ2n) is 10.5. The van der Waals surface area contributed by atoms with Gasteiger partial charge in [0, 0.05) is 19.0 Å². The van der Waals surface area contributed by atoms with Gasteiger partial charge in [0.15, 0.2) is 0 Å². The molecule has 1 aromatic carbocycles. The standard InChI is InChI=1S/C28H36N6O3/c1-29-24(35)10-4-2-3-9-22(33-27(37)28-11-14-34(15-12-28)16-13-28)25-30-18-23(31-25)20-17-19-7-5-6-8-21(19)32-26(20)36/h5-8,17-18,22H,2-4,9-16H2,1H3,(H,29,35)(H,30,31)(H,32,36)(H,33,37). The summed E-state index contributed by atoms with van der Waals surface area (Å²) in [7, 11) is 1.65. The third-order valence-corrected chi connectivity index (χ3v) is 8.15. The van der Waals surface area contributed by atoms with Crippen molar-refractivity contribution in [2.75, 3.05) is 26.7 Å². The maximum Gasteiger partial charge on any atom is 0.257 e. The minimum absolute atomic E-state index is 0.0453. The number of nitrogens with one attached hydrogen (secondary N) is 4. The van der Waals surface area contributed by atoms with Crippen molar-refractivity contribution in [1.29, 1.82) is 0 Å². The molecule has 3 aromatic rings. The molecule has 3 saturated heterocycles. The van der Waals surface area contributed by atoms with Gasteiger partial charge in [0.25, 0.3) is 5.56 Å². The molecule has 3 aliphatic heterocycles. The Bertz CT molecular complexity index is 1310. The van der Waals surface area contributed by atoms with E-state index in [1.54, 1.807) is 13.2 Å². The summed E-state index contributed by atoms with van der Waals surface area (Å²) in [6, 6.07) is 9.26. The molecule has 2 aromatic heterocycles. The number of H-pyrrole nitrogens is 2. The molecule has 6 rings (SSSR count). The van der Waals surface area contributed by atoms with Crippen LogP contribution in [0.4, 0.5) is 0 Å². The smallest absolute Gasteiger partial charge is 0.257 e. The number of hydrogen-bond donors (Lipinski definition) is 4. The Labute approximate surface area is 216 Å². The molecule has 3 aliphatic rings. The Morgan fingerprint density at radius 3 is 2.59 bits per heavy atom. The summed E-state index contributed by atoms with van der Waals surface area (Å²) in [5.74, 6) is 0.819. The largest absolute Gasteiger partial charge is 0.359 e. The van der Waals surface area contributed by atoms with E-state index >= 15 is 0 Å². The lowest BCUT2D eigenvalue weighted by Gasteiger charge is -2.47. The topological polar surface area (TPSA) is 123 Å². The van der Waals surface area contributed by atoms with E-state index < -0.39 is 0 Å². The Kier molecular flexibility index (Phi) is 7.41. The maximum absolute atomic E-state index is 13.6. The molecule has 0 aliphatic carbocycles. The molecule has 2 bridgehead atoms. The Morgan fingerprint density at radius 1 is 1.08 bits per heavy atom. The first-order valence-electron chi connectivity index (χ1n) is 13.4. The first-order chi connectivity index (χ1) is 18.0. The van der Waals surface area contributed by atoms with E-state index in [1.165, 1.54) is 0 Å². The molecule has 4 N–H and O–H groups in total. The minimum Gasteiger partial charge on any atom is -0.359 e. The zero-order chi connectivity index (χ0) is 25.8. The Hall–Kier alpha value is -3.46. The second-order valence-corrected chi connectivity index (χ2v) is 10.5. The molecular weight excluding hydrogens is 468 g/mol. The summed E-state index contributed by atoms with van der Waals surface area (Å²) in [6.07, 6.45) is 8.13. The van der Waals surface area contributed by atoms with E-state index in [0.29, 0.717) is 29.9 Å². The molecule has 3 fully saturated rings. The summed E-state index contributed by atoms with van der Waals surface area (Å²) in [5, 5.41) is 6.92. The van der Waals surface area contributed by atoms with Crippen molar-refractivity contribution in [2.45, 2.75) is 57.4 Å². The highest BCUT2D eigenvalue weighted by Gasteiger charge is 2.45. The average molecular weight is 505 g/mol. The number of nitrogens with zero attached hydrogens (tertiary/aromatic N) is 2. The molecule has 37 heavy (non-hydrogen) atoms. The van der Waals surface area contributed by atoms with Gasteiger partial charge >= 0.3 is 0 Å². The van der Waals surface area contributed by atoms with Crippen molar-refractivity contribution in [3.63, 3.8) is 0 Å². The number of aromatic amines is 2. The molecular formula is C28H36N6O3. The molecule has 0 radical (unpaired) electrons. The molecule has 0 saturated carbocycles. The van der Waals surface area contributed by atoms with Crippen molar-refractivity contribution in [2.24, 2.45) is 5.41 Å². The lowest BCUT2D eigenvalue weighted by Crippen LogP contribution is -2.55. The number of carbonyl (C=O) groups excluding carboxylic acids is 2. The lowest BCUT2D eigenvalue weighted by molar-refractivity contribution is -0.139. The fraction of sp³-hybridized carbons (Fsp3) is 0.500. The molecule has 1 unspecified atom stereocenters. The highest BCUT2D eigenvalue weighted by atomic mass is 16.2. The summed E-state index contributed by atoms with van der Waals surface area (Å²) < 4.78 is 0. The number of benzene rings is 1. The van der Waals surface area contributed by atoms with Crippen molar-refractivity contribution >= 4 is 22.7 Å². The lowest BCUT2D eigenvalue weighted by atomic mass is 9.71. The maximum atomic E-state index is 13.6. The van der Waals surface area contributed by atoms with E-state index in [4.69, 9.17) is 0 Å². The van der Waals surface area contributed by atoms with Crippen molar-refractivity contribution in [3.05, 3.63) is 52.7 Å². The third-order valence-electron chi connectivity index (χ3n) is 8.15. The van der Waals surface area contributed by atoms with Crippen LogP contribution in [0.3, 0.4) is 0 Å². The van der Waals surface area contributed by atoms with E-state index in [-0.39, 0.29) is 28.8 Å². The average Bonchev–Trinajstić information content (AvgIpc) is 3.42. The molecule has 9 heteroatoms. The number of piperidine rings is 3. The number of fused-ring (bicyclic) bond motifs is 4. The van der Waals surface area contributed by atoms with Crippen LogP contribution in [0.15, 0.2) is 41.3 Å². The van der Waals surface area contributed by atoms with Gasteiger partial charge in [-0.3, -0.25) is 14.4 Å². The summed E-state index contributed by atoms with van der Waals surface area (Å²) in [5.41, 5.74) is 1.46. The van der Waals surface area contributed by atoms with Crippen molar-refractivity contribution in [3.8, 4) is 11.3 Å². The van der Waals surface area contributed by atoms with Crippen LogP contribution < -0.4 is 16.2 Å². The van der Waals surface area contributed by atoms with E-state index in [9.17, 15) is 14.4 Å². The predicted octanol–water partition coefficient (Wildman–Crippen LogP) is 3.26. The molecule has 9 nitrogen and oxygen atoms in total. The monoisotopic (exact) mass is 504 g/mol. The summed E-state index contributed by atoms with van der Waals surface area (Å²) >= 11 is 0. The second kappa shape index (κ2) is 10.9. The quantitative estimate of drug-likeness (QED) is 0.316. The fourth-order valence-corrected chi connectivity index (χ4v) is 5.69. The van der Waals surface area contributed by atoms with Crippen molar-refractivity contribution in [1.82, 2.24) is 30.5 Å². The zero-order valence-corrected chi connectivity index (χ0v) is 21.4. The van der Waals surface area contributed by atoms with E-state index in [0.717, 1.165) is 69.1 Å². The van der Waals surface area contributed by atoms with Crippen LogP contribution >= 0.6 is 0 Å². The summed E-state index contributed by atoms with van der Waals surface area (Å²) in [6.45, 7) is 2.94. The number of carbonyl (C=O) groups is 2. The number of hydrogen-bond acceptors (Lipinski definition) is 5. The number of rotatable bonds is 10. The highest BCUT2D eigenvalue weighted by molar-refractivity contribution is 5.84. The first kappa shape index (κ1) is 25.2. The van der Waals surface area contributed by atoms with Crippen LogP contribution in [0.2, 0.25) is 0 Å². The van der Waals surface area contributed by atoms with Crippen molar-refractivity contribution < 1.29 is 9.59 Å². The third kappa shape index (κ3) is 5.46. The van der Waals surface area contributed by atoms with Gasteiger partial charge in [0.1, 0.15) is 5.82 Å². The van der Waals surface area contributed by atoms with Gasteiger partial charge in [-0.15, -0.1) is 0 Å². The Morgan fingerprint density at radius 2 is 1.84 bits per heavy atom. The Balaban J connectivity index is 1.34. The zero-order valence-electron chi connectivity index (χ0n) is 21.4. The fourth-order valence-electron chi connectivity index (χ4n) is 5.69. The highest BCUT2D eigenvalue weighted by Crippen LogP contribution is 2.41. The van der Waals surface area contributed by atoms with Gasteiger partial charge in [0.05, 0.1) is 28.9 Å². The molecule has 1 atom stereocenters.